The molecule has 0 amide bonds. The summed E-state index contributed by atoms with van der Waals surface area (Å²) in [5, 5.41) is 16.8. The Bertz CT molecular complexity index is 413. The molecule has 0 unspecified atom stereocenters. The largest absolute Gasteiger partial charge is 0.481 e. The Kier molecular flexibility index (Phi) is 27.0. The first kappa shape index (κ1) is 29.6. The van der Waals surface area contributed by atoms with Crippen molar-refractivity contribution in [2.24, 2.45) is 0 Å². The minimum atomic E-state index is -0.670. The van der Waals surface area contributed by atoms with Gasteiger partial charge in [0, 0.05) is 12.8 Å². The number of carbonyl (C=O) groups is 2. The normalized spacial score (nSPS) is 11.0. The van der Waals surface area contributed by atoms with Crippen LogP contribution in [0.4, 0.5) is 0 Å². The molecule has 0 rings (SSSR count). The Hall–Kier alpha value is -1.58. The first-order valence-corrected chi connectivity index (χ1v) is 11.8. The third kappa shape index (κ3) is 34.3. The average molecular weight is 411 g/mol. The van der Waals surface area contributed by atoms with Crippen molar-refractivity contribution in [1.29, 1.82) is 0 Å². The molecule has 2 N–H and O–H groups in total. The van der Waals surface area contributed by atoms with Gasteiger partial charge in [-0.1, -0.05) is 83.1 Å². The van der Waals surface area contributed by atoms with Crippen LogP contribution < -0.4 is 0 Å². The van der Waals surface area contributed by atoms with Crippen LogP contribution >= 0.6 is 0 Å². The standard InChI is InChI=1S/C13H24O2.C12H22O2/c1-2-3-4-5-6-7-8-9-10-11-12-13(14)15;1-2-3-4-5-6-7-8-9-10-11-12(13)14/h4-5H,2-3,6-12H2,1H3,(H,14,15);3-4H,2,5-11H2,1H3,(H,13,14). The topological polar surface area (TPSA) is 74.6 Å². The van der Waals surface area contributed by atoms with E-state index in [2.05, 4.69) is 38.2 Å². The maximum Gasteiger partial charge on any atom is 0.303 e. The smallest absolute Gasteiger partial charge is 0.303 e. The lowest BCUT2D eigenvalue weighted by Crippen LogP contribution is -1.93. The molecule has 4 nitrogen and oxygen atoms in total. The highest BCUT2D eigenvalue weighted by Gasteiger charge is 1.96. The minimum absolute atomic E-state index is 0.329. The molecule has 0 aromatic heterocycles. The van der Waals surface area contributed by atoms with Crippen LogP contribution in [0.5, 0.6) is 0 Å². The number of hydrogen-bond donors (Lipinski definition) is 2. The Morgan fingerprint density at radius 1 is 0.552 bits per heavy atom. The quantitative estimate of drug-likeness (QED) is 0.167. The second kappa shape index (κ2) is 26.4. The molecule has 0 bridgehead atoms. The SMILES string of the molecule is CCC=CCCCCCCCC(=O)O.CCCC=CCCCCCCCC(=O)O. The van der Waals surface area contributed by atoms with Gasteiger partial charge in [0.25, 0.3) is 0 Å². The van der Waals surface area contributed by atoms with Gasteiger partial charge in [-0.15, -0.1) is 0 Å². The van der Waals surface area contributed by atoms with E-state index in [1.807, 2.05) is 0 Å². The monoisotopic (exact) mass is 410 g/mol. The van der Waals surface area contributed by atoms with Crippen molar-refractivity contribution in [3.63, 3.8) is 0 Å². The van der Waals surface area contributed by atoms with E-state index in [0.29, 0.717) is 12.8 Å². The van der Waals surface area contributed by atoms with Gasteiger partial charge in [-0.3, -0.25) is 9.59 Å². The highest BCUT2D eigenvalue weighted by atomic mass is 16.4. The molecule has 0 heterocycles. The fraction of sp³-hybridized carbons (Fsp3) is 0.760. The van der Waals surface area contributed by atoms with Gasteiger partial charge in [-0.25, -0.2) is 0 Å². The molecule has 0 aromatic carbocycles. The molecular weight excluding hydrogens is 364 g/mol. The van der Waals surface area contributed by atoms with Gasteiger partial charge in [-0.2, -0.15) is 0 Å². The van der Waals surface area contributed by atoms with Crippen LogP contribution in [0.1, 0.15) is 123 Å². The number of aliphatic carboxylic acids is 2. The van der Waals surface area contributed by atoms with Gasteiger partial charge in [0.2, 0.25) is 0 Å². The van der Waals surface area contributed by atoms with E-state index < -0.39 is 11.9 Å². The molecule has 4 heteroatoms. The highest BCUT2D eigenvalue weighted by molar-refractivity contribution is 5.66. The second-order valence-corrected chi connectivity index (χ2v) is 7.54. The first-order valence-electron chi connectivity index (χ1n) is 11.8. The number of rotatable bonds is 19. The maximum absolute atomic E-state index is 10.2. The maximum atomic E-state index is 10.2. The van der Waals surface area contributed by atoms with E-state index in [-0.39, 0.29) is 0 Å². The summed E-state index contributed by atoms with van der Waals surface area (Å²) in [6, 6.07) is 0. The third-order valence-electron chi connectivity index (χ3n) is 4.55. The van der Waals surface area contributed by atoms with Crippen LogP contribution in [-0.2, 0) is 9.59 Å². The van der Waals surface area contributed by atoms with Crippen molar-refractivity contribution < 1.29 is 19.8 Å². The van der Waals surface area contributed by atoms with Crippen molar-refractivity contribution >= 4 is 11.9 Å². The molecule has 0 fully saturated rings. The summed E-state index contributed by atoms with van der Waals surface area (Å²) >= 11 is 0. The third-order valence-corrected chi connectivity index (χ3v) is 4.55. The molecule has 29 heavy (non-hydrogen) atoms. The molecule has 0 aromatic rings. The van der Waals surface area contributed by atoms with Gasteiger partial charge >= 0.3 is 11.9 Å². The van der Waals surface area contributed by atoms with Crippen LogP contribution in [-0.4, -0.2) is 22.2 Å². The fourth-order valence-corrected chi connectivity index (χ4v) is 2.82. The molecule has 0 aliphatic heterocycles. The summed E-state index contributed by atoms with van der Waals surface area (Å²) in [6.07, 6.45) is 26.6. The minimum Gasteiger partial charge on any atom is -0.481 e. The molecule has 0 saturated heterocycles. The predicted octanol–water partition coefficient (Wildman–Crippen LogP) is 7.93. The van der Waals surface area contributed by atoms with Crippen LogP contribution in [0.2, 0.25) is 0 Å². The van der Waals surface area contributed by atoms with Crippen LogP contribution in [0.15, 0.2) is 24.3 Å². The molecule has 0 spiro atoms. The Labute approximate surface area is 179 Å². The van der Waals surface area contributed by atoms with Gasteiger partial charge in [-0.05, 0) is 51.4 Å². The molecule has 0 saturated carbocycles. The molecule has 0 aliphatic carbocycles. The van der Waals surface area contributed by atoms with E-state index in [0.717, 1.165) is 32.1 Å². The molecule has 0 atom stereocenters. The summed E-state index contributed by atoms with van der Waals surface area (Å²) in [4.78, 5) is 20.4. The van der Waals surface area contributed by atoms with Gasteiger partial charge in [0.05, 0.1) is 0 Å². The Morgan fingerprint density at radius 2 is 0.931 bits per heavy atom. The summed E-state index contributed by atoms with van der Waals surface area (Å²) in [7, 11) is 0. The zero-order chi connectivity index (χ0) is 22.0. The van der Waals surface area contributed by atoms with E-state index >= 15 is 0 Å². The molecule has 170 valence electrons. The van der Waals surface area contributed by atoms with Crippen LogP contribution in [0, 0.1) is 0 Å². The summed E-state index contributed by atoms with van der Waals surface area (Å²) < 4.78 is 0. The number of allylic oxidation sites excluding steroid dienone is 4. The number of unbranched alkanes of at least 4 members (excludes halogenated alkanes) is 11. The van der Waals surface area contributed by atoms with Crippen molar-refractivity contribution in [3.8, 4) is 0 Å². The average Bonchev–Trinajstić information content (AvgIpc) is 2.68. The first-order chi connectivity index (χ1) is 14.0. The van der Waals surface area contributed by atoms with Crippen molar-refractivity contribution in [2.45, 2.75) is 123 Å². The summed E-state index contributed by atoms with van der Waals surface area (Å²) in [6.45, 7) is 4.33. The second-order valence-electron chi connectivity index (χ2n) is 7.54. The predicted molar refractivity (Wildman–Crippen MR) is 123 cm³/mol. The van der Waals surface area contributed by atoms with Crippen molar-refractivity contribution in [3.05, 3.63) is 24.3 Å². The van der Waals surface area contributed by atoms with Gasteiger partial charge in [0.15, 0.2) is 0 Å². The lowest BCUT2D eigenvalue weighted by atomic mass is 10.1. The Morgan fingerprint density at radius 3 is 1.34 bits per heavy atom. The summed E-state index contributed by atoms with van der Waals surface area (Å²) in [5.41, 5.74) is 0. The van der Waals surface area contributed by atoms with Gasteiger partial charge in [0.1, 0.15) is 0 Å². The zero-order valence-electron chi connectivity index (χ0n) is 19.0. The fourth-order valence-electron chi connectivity index (χ4n) is 2.82. The summed E-state index contributed by atoms with van der Waals surface area (Å²) in [5.74, 6) is -1.34. The molecular formula is C25H46O4. The van der Waals surface area contributed by atoms with Crippen molar-refractivity contribution in [2.75, 3.05) is 0 Å². The number of carboxylic acid groups (broad SMARTS) is 2. The van der Waals surface area contributed by atoms with E-state index in [4.69, 9.17) is 10.2 Å². The van der Waals surface area contributed by atoms with Crippen LogP contribution in [0.25, 0.3) is 0 Å². The molecule has 0 aliphatic rings. The van der Waals surface area contributed by atoms with Gasteiger partial charge < -0.3 is 10.2 Å². The number of hydrogen-bond acceptors (Lipinski definition) is 2. The van der Waals surface area contributed by atoms with Crippen molar-refractivity contribution in [1.82, 2.24) is 0 Å². The van der Waals surface area contributed by atoms with E-state index in [1.54, 1.807) is 0 Å². The van der Waals surface area contributed by atoms with E-state index in [1.165, 1.54) is 64.2 Å². The highest BCUT2D eigenvalue weighted by Crippen LogP contribution is 2.08. The zero-order valence-corrected chi connectivity index (χ0v) is 19.0. The number of carboxylic acids is 2. The lowest BCUT2D eigenvalue weighted by Gasteiger charge is -1.98. The van der Waals surface area contributed by atoms with Crippen LogP contribution in [0.3, 0.4) is 0 Å². The lowest BCUT2D eigenvalue weighted by molar-refractivity contribution is -0.138. The van der Waals surface area contributed by atoms with E-state index in [9.17, 15) is 9.59 Å². The Balaban J connectivity index is 0. The molecule has 0 radical (unpaired) electrons.